The number of likely N-dealkylation sites (tertiary alicyclic amines) is 1. The maximum absolute atomic E-state index is 14.1. The molecule has 2 aliphatic rings. The lowest BCUT2D eigenvalue weighted by atomic mass is 10.1. The molecule has 1 saturated heterocycles. The van der Waals surface area contributed by atoms with Crippen LogP contribution in [0.25, 0.3) is 0 Å². The van der Waals surface area contributed by atoms with Crippen molar-refractivity contribution in [2.75, 3.05) is 19.6 Å². The first-order valence-corrected chi connectivity index (χ1v) is 7.00. The van der Waals surface area contributed by atoms with E-state index in [2.05, 4.69) is 10.2 Å². The molecule has 108 valence electrons. The quantitative estimate of drug-likeness (QED) is 0.896. The summed E-state index contributed by atoms with van der Waals surface area (Å²) < 4.78 is 28.2. The molecule has 1 aliphatic heterocycles. The van der Waals surface area contributed by atoms with Gasteiger partial charge in [0.25, 0.3) is 5.91 Å². The Kier molecular flexibility index (Phi) is 3.24. The van der Waals surface area contributed by atoms with Crippen LogP contribution in [0.3, 0.4) is 0 Å². The Morgan fingerprint density at radius 2 is 1.90 bits per heavy atom. The normalized spacial score (nSPS) is 21.1. The fourth-order valence-corrected chi connectivity index (χ4v) is 2.54. The Morgan fingerprint density at radius 1 is 1.25 bits per heavy atom. The fraction of sp³-hybridized carbons (Fsp3) is 0.533. The van der Waals surface area contributed by atoms with Crippen LogP contribution in [0.5, 0.6) is 0 Å². The molecule has 1 aliphatic carbocycles. The summed E-state index contributed by atoms with van der Waals surface area (Å²) in [5.41, 5.74) is -0.673. The highest BCUT2D eigenvalue weighted by atomic mass is 19.3. The highest BCUT2D eigenvalue weighted by molar-refractivity contribution is 5.85. The third kappa shape index (κ3) is 2.54. The second-order valence-corrected chi connectivity index (χ2v) is 5.80. The molecule has 1 aromatic carbocycles. The molecule has 3 rings (SSSR count). The molecule has 2 fully saturated rings. The summed E-state index contributed by atoms with van der Waals surface area (Å²) in [6.45, 7) is 2.71. The van der Waals surface area contributed by atoms with Gasteiger partial charge in [-0.25, -0.2) is 0 Å². The highest BCUT2D eigenvalue weighted by Crippen LogP contribution is 2.39. The number of rotatable bonds is 5. The third-order valence-corrected chi connectivity index (χ3v) is 4.13. The van der Waals surface area contributed by atoms with E-state index >= 15 is 0 Å². The molecule has 1 N–H and O–H groups in total. The van der Waals surface area contributed by atoms with Crippen LogP contribution in [0.4, 0.5) is 8.78 Å². The predicted molar refractivity (Wildman–Crippen MR) is 71.5 cm³/mol. The number of carbonyl (C=O) groups excluding carboxylic acids is 1. The zero-order valence-corrected chi connectivity index (χ0v) is 11.2. The van der Waals surface area contributed by atoms with E-state index in [1.165, 1.54) is 24.3 Å². The number of alkyl halides is 2. The lowest BCUT2D eigenvalue weighted by molar-refractivity contribution is -0.148. The summed E-state index contributed by atoms with van der Waals surface area (Å²) >= 11 is 0. The van der Waals surface area contributed by atoms with Crippen LogP contribution < -0.4 is 5.32 Å². The Balaban J connectivity index is 1.66. The summed E-state index contributed by atoms with van der Waals surface area (Å²) in [4.78, 5) is 14.1. The zero-order valence-electron chi connectivity index (χ0n) is 11.2. The topological polar surface area (TPSA) is 32.3 Å². The average molecular weight is 280 g/mol. The molecule has 0 aromatic heterocycles. The SMILES string of the molecule is O=C(NC1(CN2CCC2)CC1)C(F)(F)c1ccccc1. The lowest BCUT2D eigenvalue weighted by Gasteiger charge is -2.35. The molecular weight excluding hydrogens is 262 g/mol. The molecule has 5 heteroatoms. The van der Waals surface area contributed by atoms with Crippen molar-refractivity contribution >= 4 is 5.91 Å². The Morgan fingerprint density at radius 3 is 2.40 bits per heavy atom. The van der Waals surface area contributed by atoms with E-state index in [4.69, 9.17) is 0 Å². The molecular formula is C15H18F2N2O. The number of nitrogens with one attached hydrogen (secondary N) is 1. The van der Waals surface area contributed by atoms with E-state index in [9.17, 15) is 13.6 Å². The lowest BCUT2D eigenvalue weighted by Crippen LogP contribution is -2.53. The molecule has 0 spiro atoms. The van der Waals surface area contributed by atoms with Gasteiger partial charge < -0.3 is 10.2 Å². The zero-order chi connectivity index (χ0) is 14.2. The Hall–Kier alpha value is -1.49. The standard InChI is InChI=1S/C15H18F2N2O/c16-15(17,12-5-2-1-3-6-12)13(20)18-14(7-8-14)11-19-9-4-10-19/h1-3,5-6H,4,7-11H2,(H,18,20). The number of hydrogen-bond acceptors (Lipinski definition) is 2. The van der Waals surface area contributed by atoms with Crippen molar-refractivity contribution in [1.82, 2.24) is 10.2 Å². The van der Waals surface area contributed by atoms with Gasteiger partial charge in [0.05, 0.1) is 5.54 Å². The Bertz CT molecular complexity index is 496. The van der Waals surface area contributed by atoms with Crippen molar-refractivity contribution in [3.63, 3.8) is 0 Å². The van der Waals surface area contributed by atoms with Gasteiger partial charge in [-0.3, -0.25) is 4.79 Å². The molecule has 3 nitrogen and oxygen atoms in total. The molecule has 1 amide bonds. The molecule has 20 heavy (non-hydrogen) atoms. The third-order valence-electron chi connectivity index (χ3n) is 4.13. The van der Waals surface area contributed by atoms with Gasteiger partial charge >= 0.3 is 5.92 Å². The predicted octanol–water partition coefficient (Wildman–Crippen LogP) is 2.13. The molecule has 1 aromatic rings. The van der Waals surface area contributed by atoms with Crippen LogP contribution in [0.1, 0.15) is 24.8 Å². The van der Waals surface area contributed by atoms with Gasteiger partial charge in [-0.05, 0) is 32.4 Å². The molecule has 0 bridgehead atoms. The van der Waals surface area contributed by atoms with E-state index < -0.39 is 17.4 Å². The molecule has 1 saturated carbocycles. The number of amides is 1. The number of halogens is 2. The van der Waals surface area contributed by atoms with Crippen LogP contribution in [0, 0.1) is 0 Å². The van der Waals surface area contributed by atoms with E-state index in [0.717, 1.165) is 32.4 Å². The fourth-order valence-electron chi connectivity index (χ4n) is 2.54. The van der Waals surface area contributed by atoms with Gasteiger partial charge in [-0.1, -0.05) is 30.3 Å². The van der Waals surface area contributed by atoms with Crippen LogP contribution in [0.2, 0.25) is 0 Å². The summed E-state index contributed by atoms with van der Waals surface area (Å²) in [5, 5.41) is 2.57. The minimum Gasteiger partial charge on any atom is -0.344 e. The highest BCUT2D eigenvalue weighted by Gasteiger charge is 2.51. The maximum Gasteiger partial charge on any atom is 0.349 e. The number of hydrogen-bond donors (Lipinski definition) is 1. The summed E-state index contributed by atoms with van der Waals surface area (Å²) in [6, 6.07) is 7.26. The molecule has 1 heterocycles. The Labute approximate surface area is 117 Å². The minimum atomic E-state index is -3.47. The summed E-state index contributed by atoms with van der Waals surface area (Å²) in [6.07, 6.45) is 2.74. The molecule has 0 radical (unpaired) electrons. The number of nitrogens with zero attached hydrogens (tertiary/aromatic N) is 1. The van der Waals surface area contributed by atoms with E-state index in [1.54, 1.807) is 6.07 Å². The van der Waals surface area contributed by atoms with E-state index in [1.807, 2.05) is 0 Å². The second kappa shape index (κ2) is 4.81. The number of carbonyl (C=O) groups is 1. The van der Waals surface area contributed by atoms with Gasteiger partial charge in [-0.2, -0.15) is 8.78 Å². The summed E-state index contributed by atoms with van der Waals surface area (Å²) in [5.74, 6) is -4.65. The smallest absolute Gasteiger partial charge is 0.344 e. The van der Waals surface area contributed by atoms with Gasteiger partial charge in [-0.15, -0.1) is 0 Å². The maximum atomic E-state index is 14.1. The second-order valence-electron chi connectivity index (χ2n) is 5.80. The number of benzene rings is 1. The van der Waals surface area contributed by atoms with Crippen LogP contribution in [-0.2, 0) is 10.7 Å². The summed E-state index contributed by atoms with van der Waals surface area (Å²) in [7, 11) is 0. The van der Waals surface area contributed by atoms with E-state index in [-0.39, 0.29) is 5.56 Å². The van der Waals surface area contributed by atoms with Crippen molar-refractivity contribution in [2.45, 2.75) is 30.7 Å². The average Bonchev–Trinajstić information content (AvgIpc) is 3.15. The van der Waals surface area contributed by atoms with E-state index in [0.29, 0.717) is 6.54 Å². The van der Waals surface area contributed by atoms with Crippen molar-refractivity contribution in [1.29, 1.82) is 0 Å². The first-order chi connectivity index (χ1) is 9.52. The molecule has 0 unspecified atom stereocenters. The first kappa shape index (κ1) is 13.5. The van der Waals surface area contributed by atoms with Crippen LogP contribution in [-0.4, -0.2) is 36.0 Å². The van der Waals surface area contributed by atoms with Crippen LogP contribution >= 0.6 is 0 Å². The molecule has 0 atom stereocenters. The largest absolute Gasteiger partial charge is 0.349 e. The van der Waals surface area contributed by atoms with Crippen molar-refractivity contribution in [3.05, 3.63) is 35.9 Å². The van der Waals surface area contributed by atoms with Crippen molar-refractivity contribution in [2.24, 2.45) is 0 Å². The van der Waals surface area contributed by atoms with Gasteiger partial charge in [0.2, 0.25) is 0 Å². The monoisotopic (exact) mass is 280 g/mol. The first-order valence-electron chi connectivity index (χ1n) is 7.00. The van der Waals surface area contributed by atoms with Crippen molar-refractivity contribution < 1.29 is 13.6 Å². The van der Waals surface area contributed by atoms with Gasteiger partial charge in [0.1, 0.15) is 0 Å². The minimum absolute atomic E-state index is 0.253. The van der Waals surface area contributed by atoms with Gasteiger partial charge in [0.15, 0.2) is 0 Å². The van der Waals surface area contributed by atoms with Crippen LogP contribution in [0.15, 0.2) is 30.3 Å². The van der Waals surface area contributed by atoms with Gasteiger partial charge in [0, 0.05) is 12.1 Å². The van der Waals surface area contributed by atoms with Crippen molar-refractivity contribution in [3.8, 4) is 0 Å².